The van der Waals surface area contributed by atoms with Gasteiger partial charge in [0.1, 0.15) is 18.5 Å². The summed E-state index contributed by atoms with van der Waals surface area (Å²) in [5, 5.41) is 13.4. The molecule has 1 saturated carbocycles. The summed E-state index contributed by atoms with van der Waals surface area (Å²) in [5.74, 6) is 0.859. The van der Waals surface area contributed by atoms with Crippen LogP contribution in [0.1, 0.15) is 44.2 Å². The van der Waals surface area contributed by atoms with E-state index in [4.69, 9.17) is 4.74 Å². The number of hydrogen-bond donors (Lipinski definition) is 2. The van der Waals surface area contributed by atoms with Crippen molar-refractivity contribution in [3.05, 3.63) is 29.3 Å². The molecule has 3 heteroatoms. The summed E-state index contributed by atoms with van der Waals surface area (Å²) in [7, 11) is 0. The molecule has 21 heavy (non-hydrogen) atoms. The molecule has 0 aromatic heterocycles. The molecule has 0 spiro atoms. The topological polar surface area (TPSA) is 41.5 Å². The van der Waals surface area contributed by atoms with Gasteiger partial charge in [-0.3, -0.25) is 0 Å². The van der Waals surface area contributed by atoms with Gasteiger partial charge in [0.15, 0.2) is 0 Å². The molecule has 0 bridgehead atoms. The Bertz CT molecular complexity index is 468. The van der Waals surface area contributed by atoms with Crippen molar-refractivity contribution in [1.29, 1.82) is 0 Å². The van der Waals surface area contributed by atoms with Crippen molar-refractivity contribution in [2.45, 2.75) is 59.1 Å². The summed E-state index contributed by atoms with van der Waals surface area (Å²) >= 11 is 0. The van der Waals surface area contributed by atoms with Gasteiger partial charge in [0.25, 0.3) is 0 Å². The van der Waals surface area contributed by atoms with Crippen LogP contribution in [-0.2, 0) is 0 Å². The quantitative estimate of drug-likeness (QED) is 0.773. The van der Waals surface area contributed by atoms with E-state index in [0.717, 1.165) is 11.3 Å². The van der Waals surface area contributed by atoms with E-state index >= 15 is 0 Å². The fourth-order valence-electron chi connectivity index (χ4n) is 2.77. The maximum Gasteiger partial charge on any atom is 0.122 e. The van der Waals surface area contributed by atoms with E-state index in [0.29, 0.717) is 24.6 Å². The lowest BCUT2D eigenvalue weighted by Crippen LogP contribution is -2.37. The smallest absolute Gasteiger partial charge is 0.122 e. The highest BCUT2D eigenvalue weighted by molar-refractivity contribution is 5.35. The SMILES string of the molecule is Cc1ccc(OCC(O)CNC(C)CC2(C)CC2)c(C)c1. The average molecular weight is 291 g/mol. The van der Waals surface area contributed by atoms with Gasteiger partial charge in [-0.2, -0.15) is 0 Å². The van der Waals surface area contributed by atoms with Crippen molar-refractivity contribution in [2.24, 2.45) is 5.41 Å². The molecule has 2 N–H and O–H groups in total. The van der Waals surface area contributed by atoms with E-state index in [2.05, 4.69) is 32.2 Å². The molecular weight excluding hydrogens is 262 g/mol. The van der Waals surface area contributed by atoms with Crippen LogP contribution < -0.4 is 10.1 Å². The van der Waals surface area contributed by atoms with E-state index in [1.54, 1.807) is 0 Å². The molecule has 2 atom stereocenters. The second-order valence-corrected chi connectivity index (χ2v) is 7.06. The number of benzene rings is 1. The standard InChI is InChI=1S/C18H29NO2/c1-13-5-6-17(14(2)9-13)21-12-16(20)11-19-15(3)10-18(4)7-8-18/h5-6,9,15-16,19-20H,7-8,10-12H2,1-4H3. The first-order valence-electron chi connectivity index (χ1n) is 7.99. The number of aliphatic hydroxyl groups excluding tert-OH is 1. The van der Waals surface area contributed by atoms with Crippen LogP contribution in [-0.4, -0.2) is 30.4 Å². The van der Waals surface area contributed by atoms with Crippen LogP contribution in [0.4, 0.5) is 0 Å². The number of hydrogen-bond acceptors (Lipinski definition) is 3. The maximum absolute atomic E-state index is 10.0. The molecule has 0 heterocycles. The fourth-order valence-corrected chi connectivity index (χ4v) is 2.77. The monoisotopic (exact) mass is 291 g/mol. The van der Waals surface area contributed by atoms with Gasteiger partial charge in [0, 0.05) is 12.6 Å². The number of aryl methyl sites for hydroxylation is 2. The average Bonchev–Trinajstić information content (AvgIpc) is 3.12. The van der Waals surface area contributed by atoms with Gasteiger partial charge < -0.3 is 15.2 Å². The number of rotatable bonds is 8. The first kappa shape index (κ1) is 16.3. The zero-order chi connectivity index (χ0) is 15.5. The third-order valence-electron chi connectivity index (χ3n) is 4.37. The summed E-state index contributed by atoms with van der Waals surface area (Å²) < 4.78 is 5.71. The van der Waals surface area contributed by atoms with Crippen molar-refractivity contribution in [3.63, 3.8) is 0 Å². The molecule has 0 amide bonds. The highest BCUT2D eigenvalue weighted by Gasteiger charge is 2.38. The molecule has 0 aliphatic heterocycles. The predicted octanol–water partition coefficient (Wildman–Crippen LogP) is 3.21. The normalized spacial score (nSPS) is 19.1. The van der Waals surface area contributed by atoms with Crippen LogP contribution >= 0.6 is 0 Å². The molecule has 118 valence electrons. The lowest BCUT2D eigenvalue weighted by atomic mass is 10.0. The fraction of sp³-hybridized carbons (Fsp3) is 0.667. The molecule has 1 aliphatic rings. The zero-order valence-electron chi connectivity index (χ0n) is 13.8. The van der Waals surface area contributed by atoms with Crippen molar-refractivity contribution in [2.75, 3.05) is 13.2 Å². The van der Waals surface area contributed by atoms with E-state index in [9.17, 15) is 5.11 Å². The molecule has 1 fully saturated rings. The van der Waals surface area contributed by atoms with Crippen LogP contribution in [0.15, 0.2) is 18.2 Å². The third kappa shape index (κ3) is 5.33. The Hall–Kier alpha value is -1.06. The zero-order valence-corrected chi connectivity index (χ0v) is 13.8. The van der Waals surface area contributed by atoms with Gasteiger partial charge in [-0.15, -0.1) is 0 Å². The maximum atomic E-state index is 10.0. The van der Waals surface area contributed by atoms with E-state index in [-0.39, 0.29) is 0 Å². The molecule has 0 radical (unpaired) electrons. The highest BCUT2D eigenvalue weighted by Crippen LogP contribution is 2.48. The summed E-state index contributed by atoms with van der Waals surface area (Å²) in [6.45, 7) is 9.55. The minimum atomic E-state index is -0.472. The summed E-state index contributed by atoms with van der Waals surface area (Å²) in [4.78, 5) is 0. The van der Waals surface area contributed by atoms with Crippen molar-refractivity contribution < 1.29 is 9.84 Å². The Morgan fingerprint density at radius 2 is 2.05 bits per heavy atom. The molecule has 1 aromatic carbocycles. The lowest BCUT2D eigenvalue weighted by molar-refractivity contribution is 0.103. The molecule has 0 saturated heterocycles. The van der Waals surface area contributed by atoms with Crippen LogP contribution in [0.2, 0.25) is 0 Å². The van der Waals surface area contributed by atoms with Gasteiger partial charge in [-0.05, 0) is 57.1 Å². The largest absolute Gasteiger partial charge is 0.491 e. The second kappa shape index (κ2) is 6.80. The summed E-state index contributed by atoms with van der Waals surface area (Å²) in [6, 6.07) is 6.55. The Morgan fingerprint density at radius 3 is 2.67 bits per heavy atom. The third-order valence-corrected chi connectivity index (χ3v) is 4.37. The van der Waals surface area contributed by atoms with Gasteiger partial charge >= 0.3 is 0 Å². The summed E-state index contributed by atoms with van der Waals surface area (Å²) in [5.41, 5.74) is 2.89. The Labute approximate surface area is 128 Å². The Balaban J connectivity index is 1.68. The molecular formula is C18H29NO2. The lowest BCUT2D eigenvalue weighted by Gasteiger charge is -2.20. The van der Waals surface area contributed by atoms with Gasteiger partial charge in [0.05, 0.1) is 0 Å². The van der Waals surface area contributed by atoms with E-state index in [1.165, 1.54) is 24.8 Å². The predicted molar refractivity (Wildman–Crippen MR) is 86.8 cm³/mol. The van der Waals surface area contributed by atoms with Crippen LogP contribution in [0.3, 0.4) is 0 Å². The molecule has 1 aliphatic carbocycles. The second-order valence-electron chi connectivity index (χ2n) is 7.06. The van der Waals surface area contributed by atoms with Crippen molar-refractivity contribution in [3.8, 4) is 5.75 Å². The van der Waals surface area contributed by atoms with E-state index < -0.39 is 6.10 Å². The van der Waals surface area contributed by atoms with Gasteiger partial charge in [-0.1, -0.05) is 24.6 Å². The highest BCUT2D eigenvalue weighted by atomic mass is 16.5. The molecule has 3 nitrogen and oxygen atoms in total. The number of nitrogens with one attached hydrogen (secondary N) is 1. The van der Waals surface area contributed by atoms with Gasteiger partial charge in [-0.25, -0.2) is 0 Å². The van der Waals surface area contributed by atoms with E-state index in [1.807, 2.05) is 19.1 Å². The molecule has 2 unspecified atom stereocenters. The Morgan fingerprint density at radius 1 is 1.33 bits per heavy atom. The first-order valence-corrected chi connectivity index (χ1v) is 7.99. The van der Waals surface area contributed by atoms with Crippen molar-refractivity contribution >= 4 is 0 Å². The number of aliphatic hydroxyl groups is 1. The number of ether oxygens (including phenoxy) is 1. The molecule has 2 rings (SSSR count). The van der Waals surface area contributed by atoms with Gasteiger partial charge in [0.2, 0.25) is 0 Å². The van der Waals surface area contributed by atoms with Crippen molar-refractivity contribution in [1.82, 2.24) is 5.32 Å². The minimum absolute atomic E-state index is 0.334. The first-order chi connectivity index (χ1) is 9.88. The minimum Gasteiger partial charge on any atom is -0.491 e. The molecule has 1 aromatic rings. The van der Waals surface area contributed by atoms with Crippen LogP contribution in [0.5, 0.6) is 5.75 Å². The summed E-state index contributed by atoms with van der Waals surface area (Å²) in [6.07, 6.45) is 3.41. The van der Waals surface area contributed by atoms with Crippen LogP contribution in [0, 0.1) is 19.3 Å². The Kier molecular flexibility index (Phi) is 5.28. The van der Waals surface area contributed by atoms with Crippen LogP contribution in [0.25, 0.3) is 0 Å².